The smallest absolute Gasteiger partial charge is 0.123 e. The molecule has 1 heterocycles. The Morgan fingerprint density at radius 2 is 1.86 bits per heavy atom. The topological polar surface area (TPSA) is 43.8 Å². The van der Waals surface area contributed by atoms with Crippen molar-refractivity contribution in [3.63, 3.8) is 0 Å². The molecule has 4 heteroatoms. The van der Waals surface area contributed by atoms with Crippen molar-refractivity contribution in [2.45, 2.75) is 26.8 Å². The molecule has 0 aliphatic rings. The average molecular weight is 297 g/mol. The van der Waals surface area contributed by atoms with E-state index in [1.807, 2.05) is 12.1 Å². The van der Waals surface area contributed by atoms with E-state index >= 15 is 0 Å². The molecule has 0 saturated carbocycles. The number of nitrogens with zero attached hydrogens (tertiary/aromatic N) is 2. The van der Waals surface area contributed by atoms with E-state index in [0.29, 0.717) is 18.0 Å². The van der Waals surface area contributed by atoms with Crippen LogP contribution in [-0.2, 0) is 13.0 Å². The Kier molecular flexibility index (Phi) is 3.84. The van der Waals surface area contributed by atoms with Gasteiger partial charge in [0.2, 0.25) is 0 Å². The van der Waals surface area contributed by atoms with E-state index in [1.54, 1.807) is 12.1 Å². The summed E-state index contributed by atoms with van der Waals surface area (Å²) < 4.78 is 15.3. The van der Waals surface area contributed by atoms with Gasteiger partial charge in [0.15, 0.2) is 0 Å². The number of para-hydroxylation sites is 1. The predicted molar refractivity (Wildman–Crippen MR) is 88.2 cm³/mol. The number of anilines is 1. The minimum Gasteiger partial charge on any atom is -0.397 e. The maximum absolute atomic E-state index is 13.1. The quantitative estimate of drug-likeness (QED) is 0.740. The summed E-state index contributed by atoms with van der Waals surface area (Å²) in [6, 6.07) is 12.5. The molecule has 0 aliphatic heterocycles. The molecule has 2 aromatic carbocycles. The number of nitrogen functional groups attached to an aromatic ring is 1. The second-order valence-corrected chi connectivity index (χ2v) is 6.05. The molecule has 2 N–H and O–H groups in total. The maximum atomic E-state index is 13.1. The van der Waals surface area contributed by atoms with Crippen LogP contribution >= 0.6 is 0 Å². The summed E-state index contributed by atoms with van der Waals surface area (Å²) in [5, 5.41) is 0. The molecule has 0 bridgehead atoms. The minimum absolute atomic E-state index is 0.219. The minimum atomic E-state index is -0.219. The van der Waals surface area contributed by atoms with Gasteiger partial charge in [-0.25, -0.2) is 9.37 Å². The van der Waals surface area contributed by atoms with Crippen molar-refractivity contribution in [3.8, 4) is 0 Å². The SMILES string of the molecule is CC(C)Cn1c(Cc2ccc(F)cc2)nc2c(N)cccc21. The van der Waals surface area contributed by atoms with Crippen LogP contribution in [0.15, 0.2) is 42.5 Å². The fraction of sp³-hybridized carbons (Fsp3) is 0.278. The Hall–Kier alpha value is -2.36. The molecule has 114 valence electrons. The van der Waals surface area contributed by atoms with Gasteiger partial charge in [0.25, 0.3) is 0 Å². The van der Waals surface area contributed by atoms with Crippen LogP contribution in [0.5, 0.6) is 0 Å². The van der Waals surface area contributed by atoms with Gasteiger partial charge in [0.1, 0.15) is 17.2 Å². The van der Waals surface area contributed by atoms with Gasteiger partial charge >= 0.3 is 0 Å². The molecule has 0 saturated heterocycles. The van der Waals surface area contributed by atoms with Crippen LogP contribution in [-0.4, -0.2) is 9.55 Å². The number of nitrogens with two attached hydrogens (primary N) is 1. The second kappa shape index (κ2) is 5.79. The third kappa shape index (κ3) is 2.82. The van der Waals surface area contributed by atoms with Gasteiger partial charge in [-0.2, -0.15) is 0 Å². The van der Waals surface area contributed by atoms with Crippen LogP contribution in [0, 0.1) is 11.7 Å². The summed E-state index contributed by atoms with van der Waals surface area (Å²) in [5.41, 5.74) is 9.70. The molecule has 0 amide bonds. The summed E-state index contributed by atoms with van der Waals surface area (Å²) in [4.78, 5) is 4.73. The van der Waals surface area contributed by atoms with Crippen molar-refractivity contribution in [2.24, 2.45) is 5.92 Å². The zero-order valence-corrected chi connectivity index (χ0v) is 12.9. The Labute approximate surface area is 129 Å². The summed E-state index contributed by atoms with van der Waals surface area (Å²) in [7, 11) is 0. The third-order valence-corrected chi connectivity index (χ3v) is 3.71. The third-order valence-electron chi connectivity index (χ3n) is 3.71. The maximum Gasteiger partial charge on any atom is 0.123 e. The van der Waals surface area contributed by atoms with E-state index in [4.69, 9.17) is 10.7 Å². The molecule has 0 aliphatic carbocycles. The van der Waals surface area contributed by atoms with Crippen molar-refractivity contribution >= 4 is 16.7 Å². The van der Waals surface area contributed by atoms with E-state index < -0.39 is 0 Å². The lowest BCUT2D eigenvalue weighted by molar-refractivity contribution is 0.520. The van der Waals surface area contributed by atoms with E-state index in [2.05, 4.69) is 24.5 Å². The van der Waals surface area contributed by atoms with E-state index in [0.717, 1.165) is 29.0 Å². The lowest BCUT2D eigenvalue weighted by Crippen LogP contribution is -2.09. The largest absolute Gasteiger partial charge is 0.397 e. The lowest BCUT2D eigenvalue weighted by Gasteiger charge is -2.12. The molecule has 3 aromatic rings. The molecule has 22 heavy (non-hydrogen) atoms. The lowest BCUT2D eigenvalue weighted by atomic mass is 10.1. The number of hydrogen-bond donors (Lipinski definition) is 1. The summed E-state index contributed by atoms with van der Waals surface area (Å²) >= 11 is 0. The van der Waals surface area contributed by atoms with Gasteiger partial charge in [0.05, 0.1) is 11.2 Å². The number of rotatable bonds is 4. The van der Waals surface area contributed by atoms with Crippen LogP contribution in [0.1, 0.15) is 25.2 Å². The van der Waals surface area contributed by atoms with E-state index in [9.17, 15) is 4.39 Å². The first kappa shape index (κ1) is 14.6. The normalized spacial score (nSPS) is 11.5. The molecular weight excluding hydrogens is 277 g/mol. The van der Waals surface area contributed by atoms with Gasteiger partial charge in [-0.3, -0.25) is 0 Å². The Morgan fingerprint density at radius 3 is 2.55 bits per heavy atom. The highest BCUT2D eigenvalue weighted by Gasteiger charge is 2.14. The monoisotopic (exact) mass is 297 g/mol. The van der Waals surface area contributed by atoms with Gasteiger partial charge in [-0.1, -0.05) is 32.0 Å². The number of halogens is 1. The number of aromatic nitrogens is 2. The van der Waals surface area contributed by atoms with Crippen LogP contribution in [0.4, 0.5) is 10.1 Å². The Balaban J connectivity index is 2.07. The Morgan fingerprint density at radius 1 is 1.14 bits per heavy atom. The van der Waals surface area contributed by atoms with Crippen molar-refractivity contribution in [1.82, 2.24) is 9.55 Å². The number of imidazole rings is 1. The molecule has 0 spiro atoms. The molecule has 1 aromatic heterocycles. The highest BCUT2D eigenvalue weighted by Crippen LogP contribution is 2.24. The van der Waals surface area contributed by atoms with Gasteiger partial charge in [0, 0.05) is 13.0 Å². The van der Waals surface area contributed by atoms with Crippen molar-refractivity contribution in [2.75, 3.05) is 5.73 Å². The highest BCUT2D eigenvalue weighted by atomic mass is 19.1. The van der Waals surface area contributed by atoms with Crippen molar-refractivity contribution in [1.29, 1.82) is 0 Å². The number of benzene rings is 2. The molecule has 3 nitrogen and oxygen atoms in total. The molecule has 0 radical (unpaired) electrons. The van der Waals surface area contributed by atoms with E-state index in [-0.39, 0.29) is 5.82 Å². The summed E-state index contributed by atoms with van der Waals surface area (Å²) in [5.74, 6) is 1.25. The van der Waals surface area contributed by atoms with Crippen LogP contribution in [0.25, 0.3) is 11.0 Å². The number of fused-ring (bicyclic) bond motifs is 1. The summed E-state index contributed by atoms with van der Waals surface area (Å²) in [6.07, 6.45) is 0.668. The fourth-order valence-electron chi connectivity index (χ4n) is 2.71. The van der Waals surface area contributed by atoms with Crippen LogP contribution < -0.4 is 5.73 Å². The summed E-state index contributed by atoms with van der Waals surface area (Å²) in [6.45, 7) is 5.25. The first-order chi connectivity index (χ1) is 10.5. The molecule has 0 fully saturated rings. The highest BCUT2D eigenvalue weighted by molar-refractivity contribution is 5.87. The first-order valence-electron chi connectivity index (χ1n) is 7.52. The van der Waals surface area contributed by atoms with Crippen molar-refractivity contribution < 1.29 is 4.39 Å². The van der Waals surface area contributed by atoms with Gasteiger partial charge in [-0.05, 0) is 35.7 Å². The van der Waals surface area contributed by atoms with Crippen LogP contribution in [0.3, 0.4) is 0 Å². The molecule has 3 rings (SSSR count). The fourth-order valence-corrected chi connectivity index (χ4v) is 2.71. The number of hydrogen-bond acceptors (Lipinski definition) is 2. The second-order valence-electron chi connectivity index (χ2n) is 6.05. The Bertz CT molecular complexity index is 788. The van der Waals surface area contributed by atoms with Crippen molar-refractivity contribution in [3.05, 3.63) is 59.7 Å². The zero-order valence-electron chi connectivity index (χ0n) is 12.9. The standard InChI is InChI=1S/C18H20FN3/c1-12(2)11-22-16-5-3-4-15(20)18(16)21-17(22)10-13-6-8-14(19)9-7-13/h3-9,12H,10-11,20H2,1-2H3. The zero-order chi connectivity index (χ0) is 15.7. The molecule has 0 unspecified atom stereocenters. The predicted octanol–water partition coefficient (Wildman–Crippen LogP) is 4.00. The van der Waals surface area contributed by atoms with Crippen LogP contribution in [0.2, 0.25) is 0 Å². The average Bonchev–Trinajstić information content (AvgIpc) is 2.81. The van der Waals surface area contributed by atoms with Gasteiger partial charge < -0.3 is 10.3 Å². The van der Waals surface area contributed by atoms with E-state index in [1.165, 1.54) is 12.1 Å². The molecular formula is C18H20FN3. The first-order valence-corrected chi connectivity index (χ1v) is 7.52. The molecule has 0 atom stereocenters. The van der Waals surface area contributed by atoms with Gasteiger partial charge in [-0.15, -0.1) is 0 Å².